The molecule has 15 heteroatoms. The monoisotopic (exact) mass is 544 g/mol. The average Bonchev–Trinajstić information content (AvgIpc) is 3.60. The van der Waals surface area contributed by atoms with Gasteiger partial charge in [-0.25, -0.2) is 19.6 Å². The van der Waals surface area contributed by atoms with E-state index in [9.17, 15) is 24.0 Å². The maximum atomic E-state index is 12.7. The number of rotatable bonds is 9. The Morgan fingerprint density at radius 2 is 1.49 bits per heavy atom. The van der Waals surface area contributed by atoms with E-state index in [1.165, 1.54) is 36.6 Å². The number of imidazole rings is 2. The Morgan fingerprint density at radius 3 is 2.08 bits per heavy atom. The SMILES string of the molecule is CCCC(=O)C(N)(CCCCCN)c1nc2c([nH]1)c(=O)n(C)c(=O)n2C.Cn1c(=O)c2[nH]cnc2n(C)c1=O. The van der Waals surface area contributed by atoms with Gasteiger partial charge in [-0.2, -0.15) is 0 Å². The number of aromatic amines is 2. The first-order valence-corrected chi connectivity index (χ1v) is 12.7. The molecule has 212 valence electrons. The summed E-state index contributed by atoms with van der Waals surface area (Å²) in [5, 5.41) is 0. The molecule has 0 saturated heterocycles. The molecule has 15 nitrogen and oxygen atoms in total. The van der Waals surface area contributed by atoms with Crippen molar-refractivity contribution < 1.29 is 4.79 Å². The lowest BCUT2D eigenvalue weighted by Gasteiger charge is -2.25. The summed E-state index contributed by atoms with van der Waals surface area (Å²) in [5.74, 6) is 0.102. The van der Waals surface area contributed by atoms with Crippen molar-refractivity contribution in [3.05, 3.63) is 53.8 Å². The van der Waals surface area contributed by atoms with Crippen LogP contribution in [-0.4, -0.2) is 50.5 Å². The molecule has 0 aromatic carbocycles. The minimum atomic E-state index is -1.31. The van der Waals surface area contributed by atoms with Crippen LogP contribution in [0.5, 0.6) is 0 Å². The average molecular weight is 545 g/mol. The lowest BCUT2D eigenvalue weighted by molar-refractivity contribution is -0.125. The Morgan fingerprint density at radius 1 is 0.897 bits per heavy atom. The highest BCUT2D eigenvalue weighted by atomic mass is 16.2. The van der Waals surface area contributed by atoms with Crippen LogP contribution in [0.1, 0.15) is 51.3 Å². The number of fused-ring (bicyclic) bond motifs is 2. The molecule has 0 aliphatic rings. The highest BCUT2D eigenvalue weighted by molar-refractivity contribution is 5.89. The van der Waals surface area contributed by atoms with Gasteiger partial charge in [-0.05, 0) is 25.8 Å². The fourth-order valence-electron chi connectivity index (χ4n) is 4.37. The van der Waals surface area contributed by atoms with Gasteiger partial charge in [0.2, 0.25) is 0 Å². The predicted molar refractivity (Wildman–Crippen MR) is 146 cm³/mol. The van der Waals surface area contributed by atoms with Crippen LogP contribution in [0.3, 0.4) is 0 Å². The number of carbonyl (C=O) groups excluding carboxylic acids is 1. The molecule has 0 amide bonds. The van der Waals surface area contributed by atoms with Crippen LogP contribution in [0.15, 0.2) is 25.5 Å². The van der Waals surface area contributed by atoms with Crippen molar-refractivity contribution in [2.75, 3.05) is 6.54 Å². The summed E-state index contributed by atoms with van der Waals surface area (Å²) in [6.07, 6.45) is 5.22. The highest BCUT2D eigenvalue weighted by Crippen LogP contribution is 2.27. The third kappa shape index (κ3) is 5.40. The molecule has 0 fully saturated rings. The third-order valence-corrected chi connectivity index (χ3v) is 6.80. The standard InChI is InChI=1S/C17H28N6O3.C7H8N4O2/c1-4-8-11(24)17(19,9-6-5-7-10-18)15-20-12-13(21-15)22(2)16(26)23(3)14(12)25;1-10-5-4(8-3-9-5)6(12)11(2)7(10)13/h4-10,18-19H2,1-3H3,(H,20,21);3H,1-2H3,(H,8,9). The van der Waals surface area contributed by atoms with Gasteiger partial charge in [0.15, 0.2) is 17.1 Å². The van der Waals surface area contributed by atoms with E-state index < -0.39 is 16.8 Å². The molecule has 4 aromatic heterocycles. The molecule has 0 spiro atoms. The van der Waals surface area contributed by atoms with E-state index in [1.807, 2.05) is 6.92 Å². The summed E-state index contributed by atoms with van der Waals surface area (Å²) in [5.41, 5.74) is 10.1. The minimum absolute atomic E-state index is 0.131. The second-order valence-corrected chi connectivity index (χ2v) is 9.54. The van der Waals surface area contributed by atoms with E-state index in [0.29, 0.717) is 37.0 Å². The smallest absolute Gasteiger partial charge is 0.332 e. The van der Waals surface area contributed by atoms with E-state index in [-0.39, 0.29) is 34.0 Å². The van der Waals surface area contributed by atoms with Gasteiger partial charge in [-0.3, -0.25) is 32.7 Å². The van der Waals surface area contributed by atoms with Gasteiger partial charge in [-0.1, -0.05) is 19.8 Å². The Bertz CT molecular complexity index is 1730. The first kappa shape index (κ1) is 29.4. The molecule has 4 heterocycles. The first-order valence-electron chi connectivity index (χ1n) is 12.7. The van der Waals surface area contributed by atoms with E-state index >= 15 is 0 Å². The fourth-order valence-corrected chi connectivity index (χ4v) is 4.37. The van der Waals surface area contributed by atoms with E-state index in [0.717, 1.165) is 28.4 Å². The molecular weight excluding hydrogens is 508 g/mol. The highest BCUT2D eigenvalue weighted by Gasteiger charge is 2.38. The zero-order valence-electron chi connectivity index (χ0n) is 22.9. The molecule has 4 aromatic rings. The number of nitrogens with zero attached hydrogens (tertiary/aromatic N) is 6. The quantitative estimate of drug-likeness (QED) is 0.189. The summed E-state index contributed by atoms with van der Waals surface area (Å²) in [6, 6.07) is 0. The molecule has 0 bridgehead atoms. The zero-order chi connectivity index (χ0) is 29.1. The Kier molecular flexibility index (Phi) is 8.86. The maximum Gasteiger partial charge on any atom is 0.332 e. The molecule has 0 radical (unpaired) electrons. The number of aryl methyl sites for hydroxylation is 2. The van der Waals surface area contributed by atoms with Crippen molar-refractivity contribution in [3.63, 3.8) is 0 Å². The summed E-state index contributed by atoms with van der Waals surface area (Å²) < 4.78 is 4.64. The van der Waals surface area contributed by atoms with Crippen molar-refractivity contribution >= 4 is 28.1 Å². The van der Waals surface area contributed by atoms with Gasteiger partial charge in [0.25, 0.3) is 11.1 Å². The number of hydrogen-bond acceptors (Lipinski definition) is 9. The van der Waals surface area contributed by atoms with E-state index in [4.69, 9.17) is 11.5 Å². The van der Waals surface area contributed by atoms with Gasteiger partial charge in [-0.15, -0.1) is 0 Å². The van der Waals surface area contributed by atoms with Gasteiger partial charge >= 0.3 is 11.4 Å². The second kappa shape index (κ2) is 11.7. The van der Waals surface area contributed by atoms with Gasteiger partial charge in [0, 0.05) is 34.6 Å². The number of hydrogen-bond donors (Lipinski definition) is 4. The van der Waals surface area contributed by atoms with E-state index in [1.54, 1.807) is 7.05 Å². The molecule has 0 aliphatic heterocycles. The first-order chi connectivity index (χ1) is 18.4. The second-order valence-electron chi connectivity index (χ2n) is 9.54. The molecule has 39 heavy (non-hydrogen) atoms. The summed E-state index contributed by atoms with van der Waals surface area (Å²) in [6.45, 7) is 2.49. The van der Waals surface area contributed by atoms with Gasteiger partial charge in [0.05, 0.1) is 6.33 Å². The molecule has 0 saturated carbocycles. The maximum absolute atomic E-state index is 12.7. The zero-order valence-corrected chi connectivity index (χ0v) is 22.9. The van der Waals surface area contributed by atoms with Crippen molar-refractivity contribution in [1.29, 1.82) is 0 Å². The number of ketones is 1. The van der Waals surface area contributed by atoms with Crippen LogP contribution >= 0.6 is 0 Å². The van der Waals surface area contributed by atoms with Crippen LogP contribution in [0.2, 0.25) is 0 Å². The Hall–Kier alpha value is -4.11. The van der Waals surface area contributed by atoms with Gasteiger partial charge < -0.3 is 21.4 Å². The Labute approximate surface area is 222 Å². The van der Waals surface area contributed by atoms with Crippen molar-refractivity contribution in [2.45, 2.75) is 51.0 Å². The molecular formula is C24H36N10O5. The molecule has 0 aliphatic carbocycles. The molecule has 6 N–H and O–H groups in total. The molecule has 4 rings (SSSR count). The predicted octanol–water partition coefficient (Wildman–Crippen LogP) is -1.04. The lowest BCUT2D eigenvalue weighted by Crippen LogP contribution is -2.46. The molecule has 1 unspecified atom stereocenters. The number of Topliss-reactive ketones (excluding diaryl/α,β-unsaturated/α-hetero) is 1. The van der Waals surface area contributed by atoms with Crippen LogP contribution in [0, 0.1) is 0 Å². The summed E-state index contributed by atoms with van der Waals surface area (Å²) >= 11 is 0. The summed E-state index contributed by atoms with van der Waals surface area (Å²) in [4.78, 5) is 73.9. The van der Waals surface area contributed by atoms with Crippen LogP contribution in [0.25, 0.3) is 22.3 Å². The van der Waals surface area contributed by atoms with E-state index in [2.05, 4.69) is 19.9 Å². The number of unbranched alkanes of at least 4 members (excludes halogenated alkanes) is 2. The minimum Gasteiger partial charge on any atom is -0.339 e. The number of nitrogens with two attached hydrogens (primary N) is 2. The van der Waals surface area contributed by atoms with Crippen LogP contribution < -0.4 is 34.0 Å². The Balaban J connectivity index is 0.000000268. The number of H-pyrrole nitrogens is 2. The van der Waals surface area contributed by atoms with Crippen molar-refractivity contribution in [1.82, 2.24) is 38.2 Å². The van der Waals surface area contributed by atoms with Crippen LogP contribution in [0.4, 0.5) is 0 Å². The number of nitrogens with one attached hydrogen (secondary N) is 2. The van der Waals surface area contributed by atoms with Crippen LogP contribution in [-0.2, 0) is 38.5 Å². The normalized spacial score (nSPS) is 12.9. The van der Waals surface area contributed by atoms with Crippen molar-refractivity contribution in [2.24, 2.45) is 39.7 Å². The third-order valence-electron chi connectivity index (χ3n) is 6.80. The number of aromatic nitrogens is 8. The largest absolute Gasteiger partial charge is 0.339 e. The van der Waals surface area contributed by atoms with Crippen molar-refractivity contribution in [3.8, 4) is 0 Å². The summed E-state index contributed by atoms with van der Waals surface area (Å²) in [7, 11) is 5.94. The number of carbonyl (C=O) groups is 1. The fraction of sp³-hybridized carbons (Fsp3) is 0.542. The lowest BCUT2D eigenvalue weighted by atomic mass is 9.86. The molecule has 1 atom stereocenters. The topological polar surface area (TPSA) is 214 Å². The van der Waals surface area contributed by atoms with Gasteiger partial charge in [0.1, 0.15) is 22.4 Å².